The topological polar surface area (TPSA) is 80.0 Å². The molecule has 0 aliphatic rings. The van der Waals surface area contributed by atoms with Gasteiger partial charge in [-0.2, -0.15) is 0 Å². The lowest BCUT2D eigenvalue weighted by Crippen LogP contribution is -2.35. The first kappa shape index (κ1) is 15.7. The molecule has 0 aromatic heterocycles. The van der Waals surface area contributed by atoms with Crippen LogP contribution in [0.25, 0.3) is 0 Å². The predicted molar refractivity (Wildman–Crippen MR) is 68.9 cm³/mol. The van der Waals surface area contributed by atoms with E-state index in [4.69, 9.17) is 10.5 Å². The Kier molecular flexibility index (Phi) is 9.14. The summed E-state index contributed by atoms with van der Waals surface area (Å²) in [6.45, 7) is 4.54. The summed E-state index contributed by atoms with van der Waals surface area (Å²) in [5.41, 5.74) is 5.62. The highest BCUT2D eigenvalue weighted by molar-refractivity contribution is 5.79. The maximum atomic E-state index is 11.2. The number of nitrogens with one attached hydrogen (secondary N) is 1. The van der Waals surface area contributed by atoms with Gasteiger partial charge in [-0.05, 0) is 13.3 Å². The van der Waals surface area contributed by atoms with Crippen molar-refractivity contribution < 1.29 is 9.53 Å². The van der Waals surface area contributed by atoms with Gasteiger partial charge in [0.05, 0.1) is 0 Å². The van der Waals surface area contributed by atoms with Crippen LogP contribution >= 0.6 is 0 Å². The van der Waals surface area contributed by atoms with Crippen LogP contribution in [0.5, 0.6) is 0 Å². The molecule has 100 valence electrons. The number of guanidine groups is 1. The van der Waals surface area contributed by atoms with Crippen LogP contribution in [0.2, 0.25) is 0 Å². The average molecular weight is 244 g/mol. The number of amides is 1. The lowest BCUT2D eigenvalue weighted by molar-refractivity contribution is -0.128. The first-order valence-corrected chi connectivity index (χ1v) is 5.89. The molecule has 0 aliphatic heterocycles. The highest BCUT2D eigenvalue weighted by Crippen LogP contribution is 1.86. The van der Waals surface area contributed by atoms with Gasteiger partial charge >= 0.3 is 0 Å². The third-order valence-electron chi connectivity index (χ3n) is 2.08. The zero-order valence-corrected chi connectivity index (χ0v) is 11.0. The predicted octanol–water partition coefficient (Wildman–Crippen LogP) is -0.204. The summed E-state index contributed by atoms with van der Waals surface area (Å²) in [5.74, 6) is 0.453. The number of rotatable bonds is 8. The van der Waals surface area contributed by atoms with Crippen molar-refractivity contribution in [2.75, 3.05) is 40.4 Å². The molecular weight excluding hydrogens is 220 g/mol. The number of carbonyl (C=O) groups is 1. The molecule has 0 fully saturated rings. The second kappa shape index (κ2) is 9.89. The van der Waals surface area contributed by atoms with E-state index in [9.17, 15) is 4.79 Å². The van der Waals surface area contributed by atoms with Crippen LogP contribution in [0.4, 0.5) is 0 Å². The minimum absolute atomic E-state index is 0.0710. The molecule has 0 spiro atoms. The quantitative estimate of drug-likeness (QED) is 0.352. The Balaban J connectivity index is 3.53. The van der Waals surface area contributed by atoms with Crippen molar-refractivity contribution in [3.05, 3.63) is 0 Å². The fraction of sp³-hybridized carbons (Fsp3) is 0.818. The van der Waals surface area contributed by atoms with Crippen LogP contribution in [0, 0.1) is 0 Å². The monoisotopic (exact) mass is 244 g/mol. The number of hydrogen-bond acceptors (Lipinski definition) is 3. The standard InChI is InChI=1S/C11H24N4O2/c1-4-17-9-5-7-13-11(12)14-8-6-10(16)15(2)3/h4-9H2,1-3H3,(H3,12,13,14). The maximum Gasteiger partial charge on any atom is 0.223 e. The van der Waals surface area contributed by atoms with Gasteiger partial charge in [-0.1, -0.05) is 0 Å². The summed E-state index contributed by atoms with van der Waals surface area (Å²) in [5, 5.41) is 2.90. The van der Waals surface area contributed by atoms with Crippen molar-refractivity contribution in [1.29, 1.82) is 0 Å². The van der Waals surface area contributed by atoms with Crippen LogP contribution in [-0.4, -0.2) is 57.2 Å². The summed E-state index contributed by atoms with van der Waals surface area (Å²) in [6, 6.07) is 0. The molecule has 0 heterocycles. The molecule has 0 aromatic rings. The van der Waals surface area contributed by atoms with Gasteiger partial charge in [0.15, 0.2) is 5.96 Å². The second-order valence-electron chi connectivity index (χ2n) is 3.78. The van der Waals surface area contributed by atoms with Crippen LogP contribution in [0.3, 0.4) is 0 Å². The zero-order chi connectivity index (χ0) is 13.1. The number of nitrogens with two attached hydrogens (primary N) is 1. The van der Waals surface area contributed by atoms with Crippen LogP contribution in [0.15, 0.2) is 4.99 Å². The average Bonchev–Trinajstić information content (AvgIpc) is 2.28. The molecule has 6 nitrogen and oxygen atoms in total. The number of carbonyl (C=O) groups excluding carboxylic acids is 1. The maximum absolute atomic E-state index is 11.2. The van der Waals surface area contributed by atoms with E-state index in [1.165, 1.54) is 0 Å². The molecule has 17 heavy (non-hydrogen) atoms. The van der Waals surface area contributed by atoms with E-state index in [2.05, 4.69) is 10.3 Å². The van der Waals surface area contributed by atoms with E-state index in [0.29, 0.717) is 32.1 Å². The van der Waals surface area contributed by atoms with Gasteiger partial charge in [-0.25, -0.2) is 0 Å². The van der Waals surface area contributed by atoms with Crippen molar-refractivity contribution in [3.63, 3.8) is 0 Å². The summed E-state index contributed by atoms with van der Waals surface area (Å²) in [7, 11) is 3.46. The second-order valence-corrected chi connectivity index (χ2v) is 3.78. The molecule has 0 bridgehead atoms. The Morgan fingerprint density at radius 2 is 2.18 bits per heavy atom. The Morgan fingerprint density at radius 3 is 2.76 bits per heavy atom. The fourth-order valence-electron chi connectivity index (χ4n) is 1.09. The van der Waals surface area contributed by atoms with Crippen molar-refractivity contribution in [2.45, 2.75) is 19.8 Å². The van der Waals surface area contributed by atoms with Gasteiger partial charge in [0.25, 0.3) is 0 Å². The van der Waals surface area contributed by atoms with E-state index in [-0.39, 0.29) is 5.91 Å². The van der Waals surface area contributed by atoms with Gasteiger partial charge in [-0.15, -0.1) is 0 Å². The molecule has 0 aliphatic carbocycles. The van der Waals surface area contributed by atoms with Crippen molar-refractivity contribution in [3.8, 4) is 0 Å². The molecule has 0 saturated heterocycles. The van der Waals surface area contributed by atoms with E-state index in [1.807, 2.05) is 6.92 Å². The van der Waals surface area contributed by atoms with Gasteiger partial charge in [0.2, 0.25) is 5.91 Å². The Morgan fingerprint density at radius 1 is 1.47 bits per heavy atom. The van der Waals surface area contributed by atoms with Crippen LogP contribution in [0.1, 0.15) is 19.8 Å². The summed E-state index contributed by atoms with van der Waals surface area (Å²) >= 11 is 0. The van der Waals surface area contributed by atoms with Crippen molar-refractivity contribution in [1.82, 2.24) is 10.2 Å². The largest absolute Gasteiger partial charge is 0.382 e. The number of nitrogens with zero attached hydrogens (tertiary/aromatic N) is 2. The molecule has 0 saturated carbocycles. The molecule has 0 radical (unpaired) electrons. The molecule has 0 rings (SSSR count). The molecule has 1 amide bonds. The number of hydrogen-bond donors (Lipinski definition) is 2. The van der Waals surface area contributed by atoms with Crippen LogP contribution < -0.4 is 11.1 Å². The SMILES string of the molecule is CCOCCCN=C(N)NCCC(=O)N(C)C. The van der Waals surface area contributed by atoms with E-state index >= 15 is 0 Å². The Labute approximate surface area is 103 Å². The highest BCUT2D eigenvalue weighted by Gasteiger charge is 2.02. The van der Waals surface area contributed by atoms with Crippen molar-refractivity contribution in [2.24, 2.45) is 10.7 Å². The van der Waals surface area contributed by atoms with E-state index in [1.54, 1.807) is 19.0 Å². The molecule has 0 unspecified atom stereocenters. The summed E-state index contributed by atoms with van der Waals surface area (Å²) in [6.07, 6.45) is 1.27. The lowest BCUT2D eigenvalue weighted by atomic mass is 10.4. The molecule has 6 heteroatoms. The van der Waals surface area contributed by atoms with E-state index < -0.39 is 0 Å². The van der Waals surface area contributed by atoms with Gasteiger partial charge in [0, 0.05) is 46.8 Å². The lowest BCUT2D eigenvalue weighted by Gasteiger charge is -2.10. The van der Waals surface area contributed by atoms with Gasteiger partial charge in [-0.3, -0.25) is 9.79 Å². The first-order valence-electron chi connectivity index (χ1n) is 5.89. The first-order chi connectivity index (χ1) is 8.07. The summed E-state index contributed by atoms with van der Waals surface area (Å²) < 4.78 is 5.17. The smallest absolute Gasteiger partial charge is 0.223 e. The van der Waals surface area contributed by atoms with E-state index in [0.717, 1.165) is 13.0 Å². The zero-order valence-electron chi connectivity index (χ0n) is 11.0. The molecule has 0 atom stereocenters. The van der Waals surface area contributed by atoms with Crippen LogP contribution in [-0.2, 0) is 9.53 Å². The number of aliphatic imine (C=N–C) groups is 1. The van der Waals surface area contributed by atoms with Crippen molar-refractivity contribution >= 4 is 11.9 Å². The Hall–Kier alpha value is -1.30. The summed E-state index contributed by atoms with van der Waals surface area (Å²) in [4.78, 5) is 16.9. The minimum atomic E-state index is 0.0710. The number of ether oxygens (including phenoxy) is 1. The minimum Gasteiger partial charge on any atom is -0.382 e. The van der Waals surface area contributed by atoms with Gasteiger partial charge in [0.1, 0.15) is 0 Å². The normalized spacial score (nSPS) is 11.4. The highest BCUT2D eigenvalue weighted by atomic mass is 16.5. The Bertz CT molecular complexity index is 242. The third kappa shape index (κ3) is 9.62. The fourth-order valence-corrected chi connectivity index (χ4v) is 1.09. The molecule has 0 aromatic carbocycles. The van der Waals surface area contributed by atoms with Gasteiger partial charge < -0.3 is 20.7 Å². The third-order valence-corrected chi connectivity index (χ3v) is 2.08. The molecule has 3 N–H and O–H groups in total. The molecular formula is C11H24N4O2.